The Morgan fingerprint density at radius 3 is 2.56 bits per heavy atom. The topological polar surface area (TPSA) is 79.8 Å². The molecule has 0 radical (unpaired) electrons. The quantitative estimate of drug-likeness (QED) is 0.514. The summed E-state index contributed by atoms with van der Waals surface area (Å²) in [6.07, 6.45) is 1.38. The summed E-state index contributed by atoms with van der Waals surface area (Å²) in [7, 11) is -1.45. The van der Waals surface area contributed by atoms with E-state index in [4.69, 9.17) is 4.74 Å². The minimum absolute atomic E-state index is 0.201. The third kappa shape index (κ3) is 4.87. The van der Waals surface area contributed by atoms with Crippen molar-refractivity contribution in [1.29, 1.82) is 0 Å². The summed E-state index contributed by atoms with van der Waals surface area (Å²) in [5, 5.41) is 0. The molecule has 2 aliphatic rings. The van der Waals surface area contributed by atoms with Crippen molar-refractivity contribution in [3.05, 3.63) is 77.1 Å². The third-order valence-electron chi connectivity index (χ3n) is 6.22. The zero-order valence-electron chi connectivity index (χ0n) is 19.4. The number of methoxy groups -OCH3 is 1. The van der Waals surface area contributed by atoms with Gasteiger partial charge in [0, 0.05) is 43.9 Å². The fourth-order valence-electron chi connectivity index (χ4n) is 4.11. The standard InChI is InChI=1S/C24H23F4N3O4S/c1-30(21-14-29-7-6-19(21)20-5-4-17(25)13-22(20)35-2)23(32)15-10-16(24(26,27)28)12-18(11-15)36(33,34)31-8-3-9-31/h4,6-7,10-14,20H,3,5,8-9H2,1-2H3. The Morgan fingerprint density at radius 1 is 1.22 bits per heavy atom. The van der Waals surface area contributed by atoms with Crippen LogP contribution in [0.3, 0.4) is 0 Å². The van der Waals surface area contributed by atoms with Crippen molar-refractivity contribution < 1.29 is 35.5 Å². The average molecular weight is 526 g/mol. The number of nitrogens with zero attached hydrogens (tertiary/aromatic N) is 3. The summed E-state index contributed by atoms with van der Waals surface area (Å²) in [6, 6.07) is 3.73. The molecule has 0 bridgehead atoms. The molecular formula is C24H23F4N3O4S. The second-order valence-electron chi connectivity index (χ2n) is 8.43. The van der Waals surface area contributed by atoms with Gasteiger partial charge in [0.2, 0.25) is 10.0 Å². The molecule has 12 heteroatoms. The number of ether oxygens (including phenoxy) is 1. The van der Waals surface area contributed by atoms with Crippen molar-refractivity contribution in [2.24, 2.45) is 0 Å². The van der Waals surface area contributed by atoms with Crippen LogP contribution < -0.4 is 4.90 Å². The van der Waals surface area contributed by atoms with Crippen LogP contribution in [0.15, 0.2) is 65.3 Å². The van der Waals surface area contributed by atoms with Gasteiger partial charge in [-0.05, 0) is 48.7 Å². The van der Waals surface area contributed by atoms with Crippen LogP contribution in [0, 0.1) is 0 Å². The fraction of sp³-hybridized carbons (Fsp3) is 0.333. The number of hydrogen-bond acceptors (Lipinski definition) is 5. The Labute approximate surface area is 205 Å². The summed E-state index contributed by atoms with van der Waals surface area (Å²) in [4.78, 5) is 17.9. The second-order valence-corrected chi connectivity index (χ2v) is 10.4. The van der Waals surface area contributed by atoms with Crippen LogP contribution in [-0.2, 0) is 20.9 Å². The number of amides is 1. The maximum atomic E-state index is 13.8. The van der Waals surface area contributed by atoms with Crippen LogP contribution in [0.2, 0.25) is 0 Å². The lowest BCUT2D eigenvalue weighted by atomic mass is 9.89. The second kappa shape index (κ2) is 9.66. The highest BCUT2D eigenvalue weighted by molar-refractivity contribution is 7.89. The minimum atomic E-state index is -4.87. The van der Waals surface area contributed by atoms with Crippen LogP contribution in [-0.4, -0.2) is 50.9 Å². The van der Waals surface area contributed by atoms with Crippen molar-refractivity contribution >= 4 is 21.6 Å². The van der Waals surface area contributed by atoms with Gasteiger partial charge in [0.15, 0.2) is 0 Å². The van der Waals surface area contributed by atoms with E-state index in [-0.39, 0.29) is 25.2 Å². The van der Waals surface area contributed by atoms with E-state index in [9.17, 15) is 30.8 Å². The molecule has 0 spiro atoms. The van der Waals surface area contributed by atoms with E-state index in [0.717, 1.165) is 15.3 Å². The Hall–Kier alpha value is -3.25. The normalized spacial score (nSPS) is 18.7. The Morgan fingerprint density at radius 2 is 1.94 bits per heavy atom. The Kier molecular flexibility index (Phi) is 6.93. The van der Waals surface area contributed by atoms with E-state index >= 15 is 0 Å². The summed E-state index contributed by atoms with van der Waals surface area (Å²) in [5.41, 5.74) is -0.892. The van der Waals surface area contributed by atoms with Gasteiger partial charge in [-0.2, -0.15) is 17.5 Å². The zero-order valence-corrected chi connectivity index (χ0v) is 20.2. The number of anilines is 1. The van der Waals surface area contributed by atoms with Gasteiger partial charge < -0.3 is 9.64 Å². The van der Waals surface area contributed by atoms with Gasteiger partial charge in [0.25, 0.3) is 5.91 Å². The number of carbonyl (C=O) groups excluding carboxylic acids is 1. The number of alkyl halides is 3. The highest BCUT2D eigenvalue weighted by Crippen LogP contribution is 2.39. The number of halogens is 4. The van der Waals surface area contributed by atoms with E-state index in [0.29, 0.717) is 29.9 Å². The summed E-state index contributed by atoms with van der Waals surface area (Å²) >= 11 is 0. The largest absolute Gasteiger partial charge is 0.500 e. The minimum Gasteiger partial charge on any atom is -0.500 e. The average Bonchev–Trinajstić information content (AvgIpc) is 2.80. The van der Waals surface area contributed by atoms with Crippen molar-refractivity contribution in [2.75, 3.05) is 32.1 Å². The summed E-state index contributed by atoms with van der Waals surface area (Å²) in [5.74, 6) is -1.49. The number of benzene rings is 1. The molecule has 2 aromatic rings. The molecular weight excluding hydrogens is 502 g/mol. The third-order valence-corrected chi connectivity index (χ3v) is 8.09. The molecule has 1 amide bonds. The molecule has 2 heterocycles. The number of allylic oxidation sites excluding steroid dienone is 4. The van der Waals surface area contributed by atoms with Crippen molar-refractivity contribution in [1.82, 2.24) is 9.29 Å². The molecule has 4 rings (SSSR count). The van der Waals surface area contributed by atoms with E-state index < -0.39 is 49.9 Å². The van der Waals surface area contributed by atoms with Crippen LogP contribution >= 0.6 is 0 Å². The van der Waals surface area contributed by atoms with Gasteiger partial charge in [0.05, 0.1) is 29.5 Å². The van der Waals surface area contributed by atoms with Gasteiger partial charge in [-0.3, -0.25) is 9.78 Å². The van der Waals surface area contributed by atoms with E-state index in [1.54, 1.807) is 6.07 Å². The van der Waals surface area contributed by atoms with Crippen LogP contribution in [0.5, 0.6) is 0 Å². The number of rotatable bonds is 6. The SMILES string of the molecule is COC1=CC(F)=CCC1c1ccncc1N(C)C(=O)c1cc(C(F)(F)F)cc(S(=O)(=O)N2CCC2)c1. The zero-order chi connectivity index (χ0) is 26.3. The molecule has 0 saturated carbocycles. The molecule has 1 atom stereocenters. The van der Waals surface area contributed by atoms with Gasteiger partial charge in [0.1, 0.15) is 11.6 Å². The lowest BCUT2D eigenvalue weighted by Gasteiger charge is -2.30. The summed E-state index contributed by atoms with van der Waals surface area (Å²) < 4.78 is 86.7. The van der Waals surface area contributed by atoms with Crippen LogP contribution in [0.25, 0.3) is 0 Å². The maximum absolute atomic E-state index is 13.8. The maximum Gasteiger partial charge on any atom is 0.416 e. The number of pyridine rings is 1. The molecule has 7 nitrogen and oxygen atoms in total. The van der Waals surface area contributed by atoms with Crippen molar-refractivity contribution in [3.8, 4) is 0 Å². The first-order valence-corrected chi connectivity index (χ1v) is 12.4. The number of aromatic nitrogens is 1. The Bertz CT molecular complexity index is 1350. The van der Waals surface area contributed by atoms with E-state index in [1.807, 2.05) is 0 Å². The summed E-state index contributed by atoms with van der Waals surface area (Å²) in [6.45, 7) is 0.402. The molecule has 0 N–H and O–H groups in total. The highest BCUT2D eigenvalue weighted by Gasteiger charge is 2.36. The molecule has 1 saturated heterocycles. The predicted octanol–water partition coefficient (Wildman–Crippen LogP) is 4.64. The number of carbonyl (C=O) groups is 1. The van der Waals surface area contributed by atoms with Gasteiger partial charge in [-0.15, -0.1) is 0 Å². The predicted molar refractivity (Wildman–Crippen MR) is 123 cm³/mol. The molecule has 36 heavy (non-hydrogen) atoms. The molecule has 1 fully saturated rings. The number of hydrogen-bond donors (Lipinski definition) is 0. The first-order valence-electron chi connectivity index (χ1n) is 11.0. The first-order chi connectivity index (χ1) is 16.9. The van der Waals surface area contributed by atoms with Crippen molar-refractivity contribution in [2.45, 2.75) is 29.8 Å². The number of sulfonamides is 1. The van der Waals surface area contributed by atoms with Crippen LogP contribution in [0.1, 0.15) is 40.2 Å². The Balaban J connectivity index is 1.75. The molecule has 192 valence electrons. The highest BCUT2D eigenvalue weighted by atomic mass is 32.2. The molecule has 1 aliphatic carbocycles. The van der Waals surface area contributed by atoms with E-state index in [2.05, 4.69) is 4.98 Å². The molecule has 1 unspecified atom stereocenters. The van der Waals surface area contributed by atoms with Crippen LogP contribution in [0.4, 0.5) is 23.2 Å². The van der Waals surface area contributed by atoms with Crippen molar-refractivity contribution in [3.63, 3.8) is 0 Å². The monoisotopic (exact) mass is 525 g/mol. The lowest BCUT2D eigenvalue weighted by Crippen LogP contribution is -2.42. The fourth-order valence-corrected chi connectivity index (χ4v) is 5.70. The lowest BCUT2D eigenvalue weighted by molar-refractivity contribution is -0.137. The first kappa shape index (κ1) is 25.8. The molecule has 1 aliphatic heterocycles. The molecule has 1 aromatic carbocycles. The smallest absolute Gasteiger partial charge is 0.416 e. The molecule has 1 aromatic heterocycles. The van der Waals surface area contributed by atoms with Gasteiger partial charge in [-0.1, -0.05) is 0 Å². The van der Waals surface area contributed by atoms with Gasteiger partial charge >= 0.3 is 6.18 Å². The van der Waals surface area contributed by atoms with E-state index in [1.165, 1.54) is 38.7 Å². The van der Waals surface area contributed by atoms with Gasteiger partial charge in [-0.25, -0.2) is 12.8 Å².